The zero-order chi connectivity index (χ0) is 13.5. The molecule has 2 aliphatic heterocycles. The summed E-state index contributed by atoms with van der Waals surface area (Å²) in [6.45, 7) is 1.16. The molecule has 0 amide bonds. The van der Waals surface area contributed by atoms with Crippen LogP contribution in [0.2, 0.25) is 0 Å². The molecule has 2 fully saturated rings. The van der Waals surface area contributed by atoms with Crippen LogP contribution in [0.5, 0.6) is 11.5 Å². The molecule has 3 nitrogen and oxygen atoms in total. The summed E-state index contributed by atoms with van der Waals surface area (Å²) >= 11 is 0. The van der Waals surface area contributed by atoms with E-state index in [1.54, 1.807) is 0 Å². The molecular weight excluding hydrogens is 250 g/mol. The van der Waals surface area contributed by atoms with Gasteiger partial charge in [-0.15, -0.1) is 0 Å². The Morgan fingerprint density at radius 2 is 2.25 bits per heavy atom. The Kier molecular flexibility index (Phi) is 2.01. The van der Waals surface area contributed by atoms with Crippen LogP contribution in [0.3, 0.4) is 0 Å². The van der Waals surface area contributed by atoms with Crippen LogP contribution in [0.25, 0.3) is 0 Å². The van der Waals surface area contributed by atoms with Crippen molar-refractivity contribution < 1.29 is 9.84 Å². The molecule has 0 aromatic heterocycles. The van der Waals surface area contributed by atoms with Gasteiger partial charge in [-0.1, -0.05) is 6.07 Å². The van der Waals surface area contributed by atoms with Crippen LogP contribution in [-0.4, -0.2) is 35.7 Å². The van der Waals surface area contributed by atoms with Crippen molar-refractivity contribution in [1.82, 2.24) is 4.90 Å². The van der Waals surface area contributed by atoms with Crippen molar-refractivity contribution in [3.63, 3.8) is 0 Å². The molecule has 5 rings (SSSR count). The van der Waals surface area contributed by atoms with Gasteiger partial charge in [0.2, 0.25) is 0 Å². The standard InChI is InChI=1S/C17H21NO2/c1-18-8-7-17-11-3-2-4-14(17)20-16-13(19)6-5-10(15(16)17)9-12(11)18/h5-6,11-12,14,19H,2-4,7-9H2,1H3/t11?,12-,14+,17-/m1/s1. The van der Waals surface area contributed by atoms with Gasteiger partial charge in [0.15, 0.2) is 11.5 Å². The van der Waals surface area contributed by atoms with Crippen molar-refractivity contribution in [2.75, 3.05) is 13.6 Å². The molecule has 1 unspecified atom stereocenters. The van der Waals surface area contributed by atoms with E-state index in [-0.39, 0.29) is 5.41 Å². The van der Waals surface area contributed by atoms with Crippen molar-refractivity contribution >= 4 is 0 Å². The highest BCUT2D eigenvalue weighted by Crippen LogP contribution is 2.63. The van der Waals surface area contributed by atoms with E-state index in [1.165, 1.54) is 30.4 Å². The normalized spacial score (nSPS) is 41.1. The third kappa shape index (κ3) is 1.09. The van der Waals surface area contributed by atoms with Crippen LogP contribution >= 0.6 is 0 Å². The van der Waals surface area contributed by atoms with Crippen molar-refractivity contribution in [3.8, 4) is 11.5 Å². The van der Waals surface area contributed by atoms with Crippen LogP contribution in [0.15, 0.2) is 12.1 Å². The predicted molar refractivity (Wildman–Crippen MR) is 76.3 cm³/mol. The fourth-order valence-corrected chi connectivity index (χ4v) is 5.71. The first-order valence-corrected chi connectivity index (χ1v) is 7.94. The number of phenolic OH excluding ortho intramolecular Hbond substituents is 1. The van der Waals surface area contributed by atoms with Crippen LogP contribution in [0, 0.1) is 5.92 Å². The van der Waals surface area contributed by atoms with Gasteiger partial charge >= 0.3 is 0 Å². The maximum atomic E-state index is 10.2. The van der Waals surface area contributed by atoms with Gasteiger partial charge in [-0.25, -0.2) is 0 Å². The van der Waals surface area contributed by atoms with Crippen LogP contribution < -0.4 is 4.74 Å². The van der Waals surface area contributed by atoms with E-state index in [0.29, 0.717) is 17.9 Å². The number of phenols is 1. The van der Waals surface area contributed by atoms with Crippen molar-refractivity contribution in [1.29, 1.82) is 0 Å². The number of ether oxygens (including phenoxy) is 1. The summed E-state index contributed by atoms with van der Waals surface area (Å²) in [6.07, 6.45) is 6.37. The molecule has 4 atom stereocenters. The summed E-state index contributed by atoms with van der Waals surface area (Å²) in [5.74, 6) is 1.89. The van der Waals surface area contributed by atoms with Gasteiger partial charge in [0.25, 0.3) is 0 Å². The van der Waals surface area contributed by atoms with E-state index in [0.717, 1.165) is 31.1 Å². The number of nitrogens with zero attached hydrogens (tertiary/aromatic N) is 1. The molecule has 1 spiro atoms. The van der Waals surface area contributed by atoms with E-state index < -0.39 is 0 Å². The number of rotatable bonds is 0. The molecule has 2 bridgehead atoms. The highest BCUT2D eigenvalue weighted by atomic mass is 16.5. The number of hydrogen-bond acceptors (Lipinski definition) is 3. The zero-order valence-electron chi connectivity index (χ0n) is 11.9. The molecule has 1 saturated heterocycles. The van der Waals surface area contributed by atoms with E-state index in [2.05, 4.69) is 18.0 Å². The maximum absolute atomic E-state index is 10.2. The Balaban J connectivity index is 1.82. The molecule has 1 N–H and O–H groups in total. The summed E-state index contributed by atoms with van der Waals surface area (Å²) in [4.78, 5) is 2.56. The molecule has 0 radical (unpaired) electrons. The number of benzene rings is 1. The first-order chi connectivity index (χ1) is 9.72. The number of likely N-dealkylation sites (N-methyl/N-ethyl adjacent to an activating group) is 1. The van der Waals surface area contributed by atoms with Gasteiger partial charge in [0.05, 0.1) is 0 Å². The fourth-order valence-electron chi connectivity index (χ4n) is 5.71. The SMILES string of the molecule is CN1CC[C@]23c4c5ccc(O)c4O[C@H]2CCCC3[C@H]1C5. The number of hydrogen-bond donors (Lipinski definition) is 1. The maximum Gasteiger partial charge on any atom is 0.165 e. The summed E-state index contributed by atoms with van der Waals surface area (Å²) in [7, 11) is 2.28. The Morgan fingerprint density at radius 1 is 1.35 bits per heavy atom. The fraction of sp³-hybridized carbons (Fsp3) is 0.647. The second-order valence-electron chi connectivity index (χ2n) is 7.13. The average Bonchev–Trinajstić information content (AvgIpc) is 2.79. The monoisotopic (exact) mass is 271 g/mol. The zero-order valence-corrected chi connectivity index (χ0v) is 11.9. The lowest BCUT2D eigenvalue weighted by atomic mass is 9.52. The highest BCUT2D eigenvalue weighted by molar-refractivity contribution is 5.60. The van der Waals surface area contributed by atoms with Gasteiger partial charge in [-0.2, -0.15) is 0 Å². The minimum absolute atomic E-state index is 0.205. The summed E-state index contributed by atoms with van der Waals surface area (Å²) in [5, 5.41) is 10.2. The largest absolute Gasteiger partial charge is 0.504 e. The lowest BCUT2D eigenvalue weighted by Crippen LogP contribution is -2.63. The van der Waals surface area contributed by atoms with Gasteiger partial charge in [-0.3, -0.25) is 0 Å². The topological polar surface area (TPSA) is 32.7 Å². The Hall–Kier alpha value is -1.22. The van der Waals surface area contributed by atoms with Gasteiger partial charge < -0.3 is 14.7 Å². The molecule has 4 aliphatic rings. The number of aromatic hydroxyl groups is 1. The van der Waals surface area contributed by atoms with Gasteiger partial charge in [0, 0.05) is 17.0 Å². The Morgan fingerprint density at radius 3 is 3.15 bits per heavy atom. The van der Waals surface area contributed by atoms with Crippen LogP contribution in [0.1, 0.15) is 36.8 Å². The molecule has 2 heterocycles. The van der Waals surface area contributed by atoms with E-state index >= 15 is 0 Å². The molecule has 1 aromatic carbocycles. The minimum Gasteiger partial charge on any atom is -0.504 e. The van der Waals surface area contributed by atoms with Crippen LogP contribution in [0.4, 0.5) is 0 Å². The first-order valence-electron chi connectivity index (χ1n) is 7.94. The third-order valence-corrected chi connectivity index (χ3v) is 6.50. The average molecular weight is 271 g/mol. The predicted octanol–water partition coefficient (Wildman–Crippen LogP) is 2.45. The summed E-state index contributed by atoms with van der Waals surface area (Å²) < 4.78 is 6.28. The number of likely N-dealkylation sites (tertiary alicyclic amines) is 1. The third-order valence-electron chi connectivity index (χ3n) is 6.50. The molecule has 1 saturated carbocycles. The molecule has 3 heteroatoms. The quantitative estimate of drug-likeness (QED) is 0.786. The Bertz CT molecular complexity index is 599. The lowest BCUT2D eigenvalue weighted by Gasteiger charge is -2.57. The van der Waals surface area contributed by atoms with Gasteiger partial charge in [0.1, 0.15) is 6.10 Å². The highest BCUT2D eigenvalue weighted by Gasteiger charge is 2.62. The van der Waals surface area contributed by atoms with E-state index in [4.69, 9.17) is 4.74 Å². The van der Waals surface area contributed by atoms with Crippen LogP contribution in [-0.2, 0) is 11.8 Å². The molecule has 1 aromatic rings. The lowest BCUT2D eigenvalue weighted by molar-refractivity contribution is -0.0426. The van der Waals surface area contributed by atoms with E-state index in [9.17, 15) is 5.11 Å². The van der Waals surface area contributed by atoms with Crippen molar-refractivity contribution in [2.45, 2.75) is 49.7 Å². The molecule has 20 heavy (non-hydrogen) atoms. The Labute approximate surface area is 119 Å². The smallest absolute Gasteiger partial charge is 0.165 e. The second kappa shape index (κ2) is 3.51. The van der Waals surface area contributed by atoms with Gasteiger partial charge in [-0.05, 0) is 63.2 Å². The summed E-state index contributed by atoms with van der Waals surface area (Å²) in [5.41, 5.74) is 3.02. The minimum atomic E-state index is 0.205. The molecule has 106 valence electrons. The second-order valence-corrected chi connectivity index (χ2v) is 7.13. The molecular formula is C17H21NO2. The molecule has 2 aliphatic carbocycles. The number of piperidine rings is 1. The van der Waals surface area contributed by atoms with Crippen molar-refractivity contribution in [2.24, 2.45) is 5.92 Å². The summed E-state index contributed by atoms with van der Waals surface area (Å²) in [6, 6.07) is 4.63. The first kappa shape index (κ1) is 11.4. The van der Waals surface area contributed by atoms with E-state index in [1.807, 2.05) is 6.07 Å². The van der Waals surface area contributed by atoms with Crippen molar-refractivity contribution in [3.05, 3.63) is 23.3 Å².